The van der Waals surface area contributed by atoms with Gasteiger partial charge in [-0.1, -0.05) is 30.3 Å². The molecule has 25 heavy (non-hydrogen) atoms. The molecule has 0 unspecified atom stereocenters. The van der Waals surface area contributed by atoms with Crippen LogP contribution in [0.3, 0.4) is 0 Å². The SMILES string of the molecule is C[C@@H]1CN(C(=O)N[C@@H](CN2CCCC2=O)c2ccccc2)CCCO1. The van der Waals surface area contributed by atoms with Gasteiger partial charge in [0.25, 0.3) is 0 Å². The first kappa shape index (κ1) is 17.7. The Hall–Kier alpha value is -2.08. The van der Waals surface area contributed by atoms with Crippen LogP contribution in [-0.4, -0.2) is 60.6 Å². The summed E-state index contributed by atoms with van der Waals surface area (Å²) in [4.78, 5) is 28.5. The minimum absolute atomic E-state index is 0.0450. The monoisotopic (exact) mass is 345 g/mol. The first-order valence-corrected chi connectivity index (χ1v) is 9.13. The van der Waals surface area contributed by atoms with Crippen molar-refractivity contribution in [3.05, 3.63) is 35.9 Å². The molecule has 0 saturated carbocycles. The van der Waals surface area contributed by atoms with Crippen molar-refractivity contribution in [2.45, 2.75) is 38.3 Å². The summed E-state index contributed by atoms with van der Waals surface area (Å²) >= 11 is 0. The Bertz CT molecular complexity index is 593. The molecule has 2 aliphatic rings. The van der Waals surface area contributed by atoms with Gasteiger partial charge in [0.05, 0.1) is 12.1 Å². The van der Waals surface area contributed by atoms with E-state index in [1.165, 1.54) is 0 Å². The zero-order valence-corrected chi connectivity index (χ0v) is 14.8. The molecular formula is C19H27N3O3. The van der Waals surface area contributed by atoms with Gasteiger partial charge in [0, 0.05) is 39.2 Å². The number of benzene rings is 1. The third kappa shape index (κ3) is 4.72. The molecule has 2 aliphatic heterocycles. The fourth-order valence-corrected chi connectivity index (χ4v) is 3.46. The number of hydrogen-bond acceptors (Lipinski definition) is 3. The van der Waals surface area contributed by atoms with Crippen molar-refractivity contribution in [2.24, 2.45) is 0 Å². The lowest BCUT2D eigenvalue weighted by atomic mass is 10.1. The summed E-state index contributed by atoms with van der Waals surface area (Å²) in [5.74, 6) is 0.173. The van der Waals surface area contributed by atoms with Crippen molar-refractivity contribution in [3.63, 3.8) is 0 Å². The molecule has 136 valence electrons. The molecule has 2 atom stereocenters. The number of ether oxygens (including phenoxy) is 1. The molecule has 2 heterocycles. The van der Waals surface area contributed by atoms with Crippen LogP contribution in [0.15, 0.2) is 30.3 Å². The third-order valence-electron chi connectivity index (χ3n) is 4.81. The average Bonchev–Trinajstić information content (AvgIpc) is 2.89. The Morgan fingerprint density at radius 1 is 1.28 bits per heavy atom. The molecule has 6 heteroatoms. The number of hydrogen-bond donors (Lipinski definition) is 1. The Labute approximate surface area is 149 Å². The predicted molar refractivity (Wildman–Crippen MR) is 95.1 cm³/mol. The van der Waals surface area contributed by atoms with Gasteiger partial charge in [0.1, 0.15) is 0 Å². The van der Waals surface area contributed by atoms with E-state index in [-0.39, 0.29) is 24.1 Å². The van der Waals surface area contributed by atoms with Gasteiger partial charge in [0.2, 0.25) is 5.91 Å². The van der Waals surface area contributed by atoms with E-state index >= 15 is 0 Å². The molecular weight excluding hydrogens is 318 g/mol. The molecule has 2 saturated heterocycles. The van der Waals surface area contributed by atoms with E-state index in [0.29, 0.717) is 32.7 Å². The second kappa shape index (κ2) is 8.34. The van der Waals surface area contributed by atoms with Crippen LogP contribution in [0, 0.1) is 0 Å². The maximum Gasteiger partial charge on any atom is 0.318 e. The fourth-order valence-electron chi connectivity index (χ4n) is 3.46. The molecule has 0 bridgehead atoms. The second-order valence-electron chi connectivity index (χ2n) is 6.84. The lowest BCUT2D eigenvalue weighted by Gasteiger charge is -2.29. The third-order valence-corrected chi connectivity index (χ3v) is 4.81. The van der Waals surface area contributed by atoms with E-state index in [4.69, 9.17) is 4.74 Å². The lowest BCUT2D eigenvalue weighted by molar-refractivity contribution is -0.128. The van der Waals surface area contributed by atoms with Crippen LogP contribution >= 0.6 is 0 Å². The first-order valence-electron chi connectivity index (χ1n) is 9.13. The second-order valence-corrected chi connectivity index (χ2v) is 6.84. The highest BCUT2D eigenvalue weighted by molar-refractivity contribution is 5.78. The maximum absolute atomic E-state index is 12.8. The van der Waals surface area contributed by atoms with Crippen LogP contribution in [0.5, 0.6) is 0 Å². The van der Waals surface area contributed by atoms with E-state index in [1.54, 1.807) is 0 Å². The lowest BCUT2D eigenvalue weighted by Crippen LogP contribution is -2.46. The highest BCUT2D eigenvalue weighted by Crippen LogP contribution is 2.19. The van der Waals surface area contributed by atoms with Gasteiger partial charge >= 0.3 is 6.03 Å². The quantitative estimate of drug-likeness (QED) is 0.910. The van der Waals surface area contributed by atoms with Crippen LogP contribution in [0.2, 0.25) is 0 Å². The maximum atomic E-state index is 12.8. The topological polar surface area (TPSA) is 61.9 Å². The molecule has 0 radical (unpaired) electrons. The molecule has 1 N–H and O–H groups in total. The van der Waals surface area contributed by atoms with E-state index in [0.717, 1.165) is 24.9 Å². The van der Waals surface area contributed by atoms with Gasteiger partial charge in [0.15, 0.2) is 0 Å². The summed E-state index contributed by atoms with van der Waals surface area (Å²) in [7, 11) is 0. The van der Waals surface area contributed by atoms with Gasteiger partial charge in [-0.3, -0.25) is 4.79 Å². The number of carbonyl (C=O) groups is 2. The number of nitrogens with zero attached hydrogens (tertiary/aromatic N) is 2. The standard InChI is InChI=1S/C19H27N3O3/c1-15-13-22(11-6-12-25-15)19(24)20-17(16-7-3-2-4-8-16)14-21-10-5-9-18(21)23/h2-4,7-8,15,17H,5-6,9-14H2,1H3,(H,20,24)/t15-,17+/m1/s1. The van der Waals surface area contributed by atoms with Crippen molar-refractivity contribution >= 4 is 11.9 Å². The molecule has 0 aromatic heterocycles. The minimum atomic E-state index is -0.199. The molecule has 3 rings (SSSR count). The Balaban J connectivity index is 1.70. The highest BCUT2D eigenvalue weighted by atomic mass is 16.5. The molecule has 3 amide bonds. The van der Waals surface area contributed by atoms with E-state index in [2.05, 4.69) is 5.32 Å². The smallest absolute Gasteiger partial charge is 0.318 e. The van der Waals surface area contributed by atoms with Gasteiger partial charge in [-0.15, -0.1) is 0 Å². The zero-order chi connectivity index (χ0) is 17.6. The highest BCUT2D eigenvalue weighted by Gasteiger charge is 2.27. The van der Waals surface area contributed by atoms with E-state index in [9.17, 15) is 9.59 Å². The fraction of sp³-hybridized carbons (Fsp3) is 0.579. The summed E-state index contributed by atoms with van der Waals surface area (Å²) in [6.45, 7) is 5.26. The van der Waals surface area contributed by atoms with Crippen LogP contribution in [0.4, 0.5) is 4.79 Å². The Morgan fingerprint density at radius 3 is 2.80 bits per heavy atom. The first-order chi connectivity index (χ1) is 12.1. The van der Waals surface area contributed by atoms with Crippen LogP contribution in [0.1, 0.15) is 37.8 Å². The van der Waals surface area contributed by atoms with E-state index < -0.39 is 0 Å². The Kier molecular flexibility index (Phi) is 5.91. The predicted octanol–water partition coefficient (Wildman–Crippen LogP) is 2.17. The number of urea groups is 1. The summed E-state index contributed by atoms with van der Waals surface area (Å²) in [5.41, 5.74) is 1.02. The van der Waals surface area contributed by atoms with E-state index in [1.807, 2.05) is 47.1 Å². The minimum Gasteiger partial charge on any atom is -0.377 e. The van der Waals surface area contributed by atoms with Gasteiger partial charge < -0.3 is 19.9 Å². The van der Waals surface area contributed by atoms with Crippen LogP contribution in [0.25, 0.3) is 0 Å². The summed E-state index contributed by atoms with van der Waals surface area (Å²) in [6.07, 6.45) is 2.40. The molecule has 2 fully saturated rings. The number of rotatable bonds is 4. The van der Waals surface area contributed by atoms with Gasteiger partial charge in [-0.2, -0.15) is 0 Å². The largest absolute Gasteiger partial charge is 0.377 e. The summed E-state index contributed by atoms with van der Waals surface area (Å²) in [5, 5.41) is 3.14. The van der Waals surface area contributed by atoms with Crippen molar-refractivity contribution in [1.29, 1.82) is 0 Å². The van der Waals surface area contributed by atoms with Gasteiger partial charge in [-0.05, 0) is 25.3 Å². The molecule has 6 nitrogen and oxygen atoms in total. The van der Waals surface area contributed by atoms with Crippen molar-refractivity contribution in [3.8, 4) is 0 Å². The van der Waals surface area contributed by atoms with Crippen LogP contribution < -0.4 is 5.32 Å². The zero-order valence-electron chi connectivity index (χ0n) is 14.8. The van der Waals surface area contributed by atoms with Crippen molar-refractivity contribution < 1.29 is 14.3 Å². The number of likely N-dealkylation sites (tertiary alicyclic amines) is 1. The Morgan fingerprint density at radius 2 is 2.08 bits per heavy atom. The number of carbonyl (C=O) groups excluding carboxylic acids is 2. The van der Waals surface area contributed by atoms with Gasteiger partial charge in [-0.25, -0.2) is 4.79 Å². The molecule has 0 spiro atoms. The summed E-state index contributed by atoms with van der Waals surface area (Å²) < 4.78 is 5.62. The van der Waals surface area contributed by atoms with Crippen molar-refractivity contribution in [2.75, 3.05) is 32.8 Å². The summed E-state index contributed by atoms with van der Waals surface area (Å²) in [6, 6.07) is 9.59. The number of amides is 3. The van der Waals surface area contributed by atoms with Crippen LogP contribution in [-0.2, 0) is 9.53 Å². The molecule has 0 aliphatic carbocycles. The van der Waals surface area contributed by atoms with Crippen molar-refractivity contribution in [1.82, 2.24) is 15.1 Å². The molecule has 1 aromatic carbocycles. The normalized spacial score (nSPS) is 22.6. The molecule has 1 aromatic rings. The average molecular weight is 345 g/mol. The number of nitrogens with one attached hydrogen (secondary N) is 1.